The summed E-state index contributed by atoms with van der Waals surface area (Å²) >= 11 is 0. The summed E-state index contributed by atoms with van der Waals surface area (Å²) in [5.41, 5.74) is -2.37. The minimum atomic E-state index is -2.45. The van der Waals surface area contributed by atoms with Crippen molar-refractivity contribution in [1.82, 2.24) is 15.5 Å². The van der Waals surface area contributed by atoms with Gasteiger partial charge in [-0.1, -0.05) is 97.5 Å². The van der Waals surface area contributed by atoms with Crippen molar-refractivity contribution in [3.63, 3.8) is 0 Å². The maximum Gasteiger partial charge on any atom is 0.325 e. The Labute approximate surface area is 251 Å². The highest BCUT2D eigenvalue weighted by Gasteiger charge is 2.44. The molecule has 42 heavy (non-hydrogen) atoms. The first-order valence-electron chi connectivity index (χ1n) is 15.6. The largest absolute Gasteiger partial charge is 0.460 e. The highest BCUT2D eigenvalue weighted by Crippen LogP contribution is 2.23. The van der Waals surface area contributed by atoms with Crippen LogP contribution in [-0.4, -0.2) is 71.3 Å². The number of nitrogens with one attached hydrogen (secondary N) is 2. The van der Waals surface area contributed by atoms with E-state index in [1.165, 1.54) is 77.8 Å². The number of hydrogen-bond donors (Lipinski definition) is 3. The van der Waals surface area contributed by atoms with Gasteiger partial charge >= 0.3 is 5.97 Å². The number of carbonyl (C=O) groups excluding carboxylic acids is 5. The first-order chi connectivity index (χ1) is 19.9. The monoisotopic (exact) mass is 591 g/mol. The molecule has 10 nitrogen and oxygen atoms in total. The third kappa shape index (κ3) is 14.2. The number of Topliss-reactive ketones (excluding diaryl/α,β-unsaturated/α-hetero) is 1. The van der Waals surface area contributed by atoms with E-state index >= 15 is 0 Å². The van der Waals surface area contributed by atoms with Gasteiger partial charge in [-0.05, 0) is 25.8 Å². The van der Waals surface area contributed by atoms with Gasteiger partial charge in [-0.25, -0.2) is 0 Å². The predicted octanol–water partition coefficient (Wildman–Crippen LogP) is 4.11. The number of rotatable bonds is 14. The van der Waals surface area contributed by atoms with E-state index in [2.05, 4.69) is 24.1 Å². The van der Waals surface area contributed by atoms with Crippen molar-refractivity contribution in [3.05, 3.63) is 24.4 Å². The van der Waals surface area contributed by atoms with Crippen LogP contribution in [-0.2, 0) is 28.7 Å². The third-order valence-electron chi connectivity index (χ3n) is 7.65. The quantitative estimate of drug-likeness (QED) is 0.157. The van der Waals surface area contributed by atoms with Crippen LogP contribution in [0.15, 0.2) is 24.4 Å². The number of esters is 1. The lowest BCUT2D eigenvalue weighted by Crippen LogP contribution is -2.55. The van der Waals surface area contributed by atoms with E-state index in [1.54, 1.807) is 0 Å². The summed E-state index contributed by atoms with van der Waals surface area (Å²) in [6, 6.07) is 0. The number of ether oxygens (including phenoxy) is 1. The average Bonchev–Trinajstić information content (AvgIpc) is 2.94. The van der Waals surface area contributed by atoms with Crippen molar-refractivity contribution < 1.29 is 33.8 Å². The Balaban J connectivity index is 2.76. The maximum atomic E-state index is 13.2. The van der Waals surface area contributed by atoms with Gasteiger partial charge in [0, 0.05) is 18.8 Å². The lowest BCUT2D eigenvalue weighted by atomic mass is 9.85. The summed E-state index contributed by atoms with van der Waals surface area (Å²) in [6.07, 6.45) is 17.2. The fraction of sp³-hybridized carbons (Fsp3) is 0.719. The highest BCUT2D eigenvalue weighted by atomic mass is 16.5. The lowest BCUT2D eigenvalue weighted by Gasteiger charge is -2.29. The molecule has 1 aliphatic rings. The Morgan fingerprint density at radius 3 is 2.00 bits per heavy atom. The molecule has 3 atom stereocenters. The molecular formula is C32H53N3O7. The Hall–Kier alpha value is -3.01. The number of nitrogens with zero attached hydrogens (tertiary/aromatic N) is 1. The van der Waals surface area contributed by atoms with Crippen LogP contribution in [0.3, 0.4) is 0 Å². The van der Waals surface area contributed by atoms with E-state index in [0.29, 0.717) is 12.8 Å². The number of cyclic esters (lactones) is 1. The number of allylic oxidation sites excluding steroid dienone is 1. The summed E-state index contributed by atoms with van der Waals surface area (Å²) in [6.45, 7) is 7.52. The van der Waals surface area contributed by atoms with Crippen LogP contribution < -0.4 is 10.6 Å². The van der Waals surface area contributed by atoms with Crippen LogP contribution in [0.2, 0.25) is 0 Å². The number of unbranched alkanes of at least 4 members (excludes halogenated alkanes) is 12. The van der Waals surface area contributed by atoms with Crippen LogP contribution in [0, 0.1) is 5.92 Å². The molecule has 0 aromatic rings. The summed E-state index contributed by atoms with van der Waals surface area (Å²) < 4.78 is 5.65. The molecule has 10 heteroatoms. The third-order valence-corrected chi connectivity index (χ3v) is 7.65. The normalized spacial score (nSPS) is 24.2. The minimum Gasteiger partial charge on any atom is -0.460 e. The summed E-state index contributed by atoms with van der Waals surface area (Å²) in [4.78, 5) is 64.3. The Kier molecular flexibility index (Phi) is 17.6. The highest BCUT2D eigenvalue weighted by molar-refractivity contribution is 6.10. The molecule has 1 heterocycles. The molecule has 238 valence electrons. The van der Waals surface area contributed by atoms with E-state index in [4.69, 9.17) is 4.74 Å². The van der Waals surface area contributed by atoms with Gasteiger partial charge in [0.05, 0.1) is 12.5 Å². The number of likely N-dealkylation sites (N-methyl/N-ethyl adjacent to an activating group) is 1. The molecule has 1 rings (SSSR count). The van der Waals surface area contributed by atoms with Crippen LogP contribution in [0.5, 0.6) is 0 Å². The van der Waals surface area contributed by atoms with Gasteiger partial charge in [0.1, 0.15) is 12.6 Å². The smallest absolute Gasteiger partial charge is 0.325 e. The molecule has 0 bridgehead atoms. The van der Waals surface area contributed by atoms with Gasteiger partial charge in [0.15, 0.2) is 11.4 Å². The first kappa shape index (κ1) is 37.0. The Morgan fingerprint density at radius 1 is 0.929 bits per heavy atom. The minimum absolute atomic E-state index is 0.0808. The fourth-order valence-corrected chi connectivity index (χ4v) is 4.87. The molecule has 0 saturated heterocycles. The molecule has 3 amide bonds. The van der Waals surface area contributed by atoms with Crippen LogP contribution in [0.1, 0.15) is 111 Å². The second-order valence-electron chi connectivity index (χ2n) is 11.6. The van der Waals surface area contributed by atoms with Crippen molar-refractivity contribution in [2.75, 3.05) is 20.1 Å². The second-order valence-corrected chi connectivity index (χ2v) is 11.6. The lowest BCUT2D eigenvalue weighted by molar-refractivity contribution is -0.162. The number of aliphatic hydroxyl groups is 1. The molecule has 3 N–H and O–H groups in total. The Morgan fingerprint density at radius 2 is 1.45 bits per heavy atom. The molecule has 0 spiro atoms. The number of ketones is 1. The molecule has 1 aliphatic heterocycles. The van der Waals surface area contributed by atoms with Crippen molar-refractivity contribution in [1.29, 1.82) is 0 Å². The fourth-order valence-electron chi connectivity index (χ4n) is 4.87. The van der Waals surface area contributed by atoms with E-state index in [-0.39, 0.29) is 12.2 Å². The van der Waals surface area contributed by atoms with Gasteiger partial charge in [-0.15, -0.1) is 0 Å². The summed E-state index contributed by atoms with van der Waals surface area (Å²) in [7, 11) is 1.42. The topological polar surface area (TPSA) is 142 Å². The predicted molar refractivity (Wildman–Crippen MR) is 162 cm³/mol. The number of amides is 3. The van der Waals surface area contributed by atoms with Gasteiger partial charge in [-0.2, -0.15) is 0 Å². The van der Waals surface area contributed by atoms with E-state index in [0.717, 1.165) is 37.2 Å². The molecule has 0 aromatic carbocycles. The molecular weight excluding hydrogens is 538 g/mol. The van der Waals surface area contributed by atoms with Gasteiger partial charge < -0.3 is 25.4 Å². The van der Waals surface area contributed by atoms with Crippen molar-refractivity contribution in [2.45, 2.75) is 122 Å². The SMILES string of the molecule is C=C1/C=C\C(=O)N(C)CC(=O)O[C@@H](CCCCCCCCCCCCCCC)[C@H](C)C(=O)[C@](C)(O)C(=O)NCC(=O)N1. The van der Waals surface area contributed by atoms with Crippen LogP contribution in [0.25, 0.3) is 0 Å². The standard InChI is InChI=1S/C32H53N3O7/c1-6-7-8-9-10-11-12-13-14-15-16-17-18-19-26-25(3)30(39)32(4,41)31(40)33-22-27(36)34-24(2)20-21-28(37)35(5)23-29(38)42-26/h20-21,25-26,41H,2,6-19,22-23H2,1,3-5H3,(H,33,40)(H,34,36)/b21-20-/t25-,26-,32-/m0/s1. The molecule has 0 fully saturated rings. The second kappa shape index (κ2) is 20.0. The first-order valence-corrected chi connectivity index (χ1v) is 15.6. The summed E-state index contributed by atoms with van der Waals surface area (Å²) in [5, 5.41) is 15.4. The molecule has 0 saturated carbocycles. The van der Waals surface area contributed by atoms with Gasteiger partial charge in [0.25, 0.3) is 5.91 Å². The maximum absolute atomic E-state index is 13.2. The van der Waals surface area contributed by atoms with E-state index < -0.39 is 53.6 Å². The average molecular weight is 592 g/mol. The molecule has 0 unspecified atom stereocenters. The van der Waals surface area contributed by atoms with E-state index in [1.807, 2.05) is 0 Å². The van der Waals surface area contributed by atoms with Gasteiger partial charge in [0.2, 0.25) is 11.8 Å². The van der Waals surface area contributed by atoms with Gasteiger partial charge in [-0.3, -0.25) is 24.0 Å². The molecule has 0 radical (unpaired) electrons. The number of carbonyl (C=O) groups is 5. The molecule has 0 aliphatic carbocycles. The zero-order valence-electron chi connectivity index (χ0n) is 26.2. The summed E-state index contributed by atoms with van der Waals surface area (Å²) in [5.74, 6) is -4.75. The number of hydrogen-bond acceptors (Lipinski definition) is 7. The zero-order valence-corrected chi connectivity index (χ0v) is 26.2. The van der Waals surface area contributed by atoms with E-state index in [9.17, 15) is 29.1 Å². The van der Waals surface area contributed by atoms with Crippen molar-refractivity contribution in [3.8, 4) is 0 Å². The van der Waals surface area contributed by atoms with Crippen molar-refractivity contribution in [2.24, 2.45) is 5.92 Å². The Bertz CT molecular complexity index is 944. The molecule has 0 aromatic heterocycles. The van der Waals surface area contributed by atoms with Crippen molar-refractivity contribution >= 4 is 29.5 Å². The van der Waals surface area contributed by atoms with Crippen LogP contribution >= 0.6 is 0 Å². The zero-order chi connectivity index (χ0) is 31.5. The van der Waals surface area contributed by atoms with Crippen LogP contribution in [0.4, 0.5) is 0 Å².